The lowest BCUT2D eigenvalue weighted by atomic mass is 10.1. The average molecular weight is 632 g/mol. The van der Waals surface area contributed by atoms with Crippen LogP contribution in [0, 0.1) is 19.8 Å². The zero-order valence-electron chi connectivity index (χ0n) is 27.6. The molecule has 45 heavy (non-hydrogen) atoms. The van der Waals surface area contributed by atoms with E-state index in [0.29, 0.717) is 25.2 Å². The van der Waals surface area contributed by atoms with Gasteiger partial charge in [-0.25, -0.2) is 4.79 Å². The number of carbonyl (C=O) groups excluding carboxylic acids is 5. The maximum Gasteiger partial charge on any atom is 0.435 e. The van der Waals surface area contributed by atoms with Crippen LogP contribution in [-0.2, 0) is 23.9 Å². The van der Waals surface area contributed by atoms with Gasteiger partial charge < -0.3 is 25.9 Å². The van der Waals surface area contributed by atoms with E-state index in [9.17, 15) is 29.2 Å². The van der Waals surface area contributed by atoms with Gasteiger partial charge in [0.2, 0.25) is 18.2 Å². The summed E-state index contributed by atoms with van der Waals surface area (Å²) >= 11 is 0. The van der Waals surface area contributed by atoms with Gasteiger partial charge >= 0.3 is 6.09 Å². The lowest BCUT2D eigenvalue weighted by molar-refractivity contribution is -0.132. The van der Waals surface area contributed by atoms with Gasteiger partial charge in [-0.2, -0.15) is 5.06 Å². The number of nitrogens with zero attached hydrogens (tertiary/aromatic N) is 2. The third kappa shape index (κ3) is 28.2. The first-order valence-corrected chi connectivity index (χ1v) is 14.9. The molecule has 0 heterocycles. The third-order valence-electron chi connectivity index (χ3n) is 5.54. The Bertz CT molecular complexity index is 1020. The smallest absolute Gasteiger partial charge is 0.435 e. The summed E-state index contributed by atoms with van der Waals surface area (Å²) in [5.41, 5.74) is 7.62. The number of hydrogen-bond donors (Lipinski definition) is 4. The standard InChI is InChI=1S/C15H29N5O6.2C7H8.C4H8O/c1-11(2)5-7-26-15(24)20(25)13(18-10-21)8-19(3)9-14(23)17-6-4-12(16)22;2*1-7-5-3-2-4-6-7;1-2-3-4-5/h10-11,13,25H,4-9H2,1-3H3,(H2,16,22)(H,17,23)(H,18,21);2*2-6H,1H3;4H,2-3H2,1H3. The molecule has 0 fully saturated rings. The zero-order valence-corrected chi connectivity index (χ0v) is 27.6. The topological polar surface area (TPSA) is 171 Å². The van der Waals surface area contributed by atoms with Crippen LogP contribution in [-0.4, -0.2) is 85.2 Å². The van der Waals surface area contributed by atoms with Crippen molar-refractivity contribution in [3.8, 4) is 0 Å². The van der Waals surface area contributed by atoms with E-state index in [0.717, 1.165) is 12.7 Å². The number of amides is 4. The lowest BCUT2D eigenvalue weighted by Gasteiger charge is -2.28. The van der Waals surface area contributed by atoms with Crippen molar-refractivity contribution in [1.29, 1.82) is 0 Å². The Labute approximate surface area is 268 Å². The highest BCUT2D eigenvalue weighted by molar-refractivity contribution is 5.79. The normalized spacial score (nSPS) is 10.3. The molecule has 0 saturated carbocycles. The molecule has 12 heteroatoms. The second kappa shape index (κ2) is 28.5. The summed E-state index contributed by atoms with van der Waals surface area (Å²) < 4.78 is 4.92. The van der Waals surface area contributed by atoms with Crippen LogP contribution in [0.3, 0.4) is 0 Å². The number of nitrogens with one attached hydrogen (secondary N) is 2. The Morgan fingerprint density at radius 1 is 0.978 bits per heavy atom. The van der Waals surface area contributed by atoms with Crippen molar-refractivity contribution < 1.29 is 33.9 Å². The molecule has 4 amide bonds. The molecule has 1 unspecified atom stereocenters. The molecule has 0 spiro atoms. The van der Waals surface area contributed by atoms with Crippen LogP contribution >= 0.6 is 0 Å². The molecule has 1 atom stereocenters. The van der Waals surface area contributed by atoms with E-state index in [4.69, 9.17) is 10.5 Å². The Balaban J connectivity index is 0. The number of likely N-dealkylation sites (N-methyl/N-ethyl adjacent to an activating group) is 1. The van der Waals surface area contributed by atoms with E-state index >= 15 is 0 Å². The predicted octanol–water partition coefficient (Wildman–Crippen LogP) is 3.83. The highest BCUT2D eigenvalue weighted by atomic mass is 16.6. The molecule has 0 aliphatic heterocycles. The summed E-state index contributed by atoms with van der Waals surface area (Å²) in [6, 6.07) is 20.5. The zero-order chi connectivity index (χ0) is 34.5. The molecule has 2 aromatic carbocycles. The maximum atomic E-state index is 11.8. The lowest BCUT2D eigenvalue weighted by Crippen LogP contribution is -2.53. The molecule has 2 rings (SSSR count). The number of aldehydes is 1. The fourth-order valence-electron chi connectivity index (χ4n) is 3.03. The van der Waals surface area contributed by atoms with Crippen molar-refractivity contribution in [2.45, 2.75) is 66.5 Å². The van der Waals surface area contributed by atoms with E-state index in [1.807, 2.05) is 57.2 Å². The second-order valence-electron chi connectivity index (χ2n) is 10.5. The molecule has 0 radical (unpaired) electrons. The van der Waals surface area contributed by atoms with Crippen molar-refractivity contribution in [3.05, 3.63) is 71.8 Å². The van der Waals surface area contributed by atoms with Gasteiger partial charge in [0.15, 0.2) is 0 Å². The van der Waals surface area contributed by atoms with Crippen LogP contribution in [0.25, 0.3) is 0 Å². The van der Waals surface area contributed by atoms with Crippen molar-refractivity contribution in [2.75, 3.05) is 33.3 Å². The highest BCUT2D eigenvalue weighted by Crippen LogP contribution is 2.03. The first kappa shape index (κ1) is 42.8. The van der Waals surface area contributed by atoms with Crippen molar-refractivity contribution >= 4 is 30.6 Å². The number of benzene rings is 2. The summed E-state index contributed by atoms with van der Waals surface area (Å²) in [6.45, 7) is 10.2. The van der Waals surface area contributed by atoms with E-state index in [2.05, 4.69) is 48.7 Å². The predicted molar refractivity (Wildman–Crippen MR) is 175 cm³/mol. The molecule has 0 aromatic heterocycles. The minimum atomic E-state index is -1.09. The van der Waals surface area contributed by atoms with Crippen LogP contribution < -0.4 is 16.4 Å². The van der Waals surface area contributed by atoms with Crippen LogP contribution in [0.5, 0.6) is 0 Å². The van der Waals surface area contributed by atoms with Crippen molar-refractivity contribution in [2.24, 2.45) is 11.7 Å². The van der Waals surface area contributed by atoms with E-state index in [1.54, 1.807) is 7.05 Å². The molecule has 0 aliphatic carbocycles. The van der Waals surface area contributed by atoms with Crippen LogP contribution in [0.15, 0.2) is 60.7 Å². The van der Waals surface area contributed by atoms with Crippen LogP contribution in [0.2, 0.25) is 0 Å². The number of hydrogen-bond acceptors (Lipinski definition) is 8. The van der Waals surface area contributed by atoms with Gasteiger partial charge in [0.05, 0.1) is 13.2 Å². The molecule has 2 aromatic rings. The van der Waals surface area contributed by atoms with Gasteiger partial charge in [-0.1, -0.05) is 92.6 Å². The van der Waals surface area contributed by atoms with Crippen molar-refractivity contribution in [1.82, 2.24) is 20.6 Å². The summed E-state index contributed by atoms with van der Waals surface area (Å²) in [5, 5.41) is 15.0. The maximum absolute atomic E-state index is 11.8. The summed E-state index contributed by atoms with van der Waals surface area (Å²) in [5.74, 6) is -0.568. The quantitative estimate of drug-likeness (QED) is 0.0994. The first-order chi connectivity index (χ1) is 21.4. The summed E-state index contributed by atoms with van der Waals surface area (Å²) in [6.07, 6.45) is 1.51. The second-order valence-corrected chi connectivity index (χ2v) is 10.5. The molecule has 252 valence electrons. The van der Waals surface area contributed by atoms with Gasteiger partial charge in [-0.05, 0) is 39.7 Å². The van der Waals surface area contributed by atoms with E-state index < -0.39 is 18.2 Å². The number of hydroxylamine groups is 2. The fraction of sp³-hybridized carbons (Fsp3) is 0.485. The number of primary amides is 1. The van der Waals surface area contributed by atoms with E-state index in [-0.39, 0.29) is 43.6 Å². The monoisotopic (exact) mass is 631 g/mol. The Kier molecular flexibility index (Phi) is 27.1. The van der Waals surface area contributed by atoms with Crippen LogP contribution in [0.4, 0.5) is 4.79 Å². The number of ether oxygens (including phenoxy) is 1. The van der Waals surface area contributed by atoms with Gasteiger partial charge in [-0.3, -0.25) is 24.5 Å². The number of rotatable bonds is 15. The summed E-state index contributed by atoms with van der Waals surface area (Å²) in [4.78, 5) is 55.7. The van der Waals surface area contributed by atoms with Gasteiger partial charge in [-0.15, -0.1) is 0 Å². The van der Waals surface area contributed by atoms with Gasteiger partial charge in [0.1, 0.15) is 12.5 Å². The molecule has 12 nitrogen and oxygen atoms in total. The number of carbonyl (C=O) groups is 5. The van der Waals surface area contributed by atoms with E-state index in [1.165, 1.54) is 16.0 Å². The molecule has 0 bridgehead atoms. The molecule has 0 aliphatic rings. The van der Waals surface area contributed by atoms with Crippen LogP contribution in [0.1, 0.15) is 57.6 Å². The minimum Gasteiger partial charge on any atom is -0.448 e. The number of nitrogens with two attached hydrogens (primary N) is 1. The number of aryl methyl sites for hydroxylation is 2. The Hall–Kier alpha value is -4.29. The molecule has 0 saturated heterocycles. The first-order valence-electron chi connectivity index (χ1n) is 14.9. The third-order valence-corrected chi connectivity index (χ3v) is 5.54. The average Bonchev–Trinajstić information content (AvgIpc) is 2.98. The Morgan fingerprint density at radius 2 is 1.51 bits per heavy atom. The summed E-state index contributed by atoms with van der Waals surface area (Å²) in [7, 11) is 1.56. The van der Waals surface area contributed by atoms with Crippen molar-refractivity contribution in [3.63, 3.8) is 0 Å². The Morgan fingerprint density at radius 3 is 1.87 bits per heavy atom. The largest absolute Gasteiger partial charge is 0.448 e. The minimum absolute atomic E-state index is 0.0252. The SMILES string of the molecule is CC(C)CCOC(=O)N(O)C(CN(C)CC(=O)NCCC(N)=O)NC=O.CCCC=O.Cc1ccccc1.Cc1ccccc1. The fourth-order valence-corrected chi connectivity index (χ4v) is 3.03. The highest BCUT2D eigenvalue weighted by Gasteiger charge is 2.25. The van der Waals surface area contributed by atoms with Gasteiger partial charge in [0.25, 0.3) is 0 Å². The molecular formula is C33H53N5O7. The van der Waals surface area contributed by atoms with Gasteiger partial charge in [0, 0.05) is 25.9 Å². The molecular weight excluding hydrogens is 578 g/mol. The molecule has 5 N–H and O–H groups in total. The number of unbranched alkanes of at least 4 members (excludes halogenated alkanes) is 1.